The number of nitrogens with zero attached hydrogens (tertiary/aromatic N) is 1. The van der Waals surface area contributed by atoms with Gasteiger partial charge in [0, 0.05) is 10.7 Å². The van der Waals surface area contributed by atoms with Crippen molar-refractivity contribution in [1.82, 2.24) is 0 Å². The first kappa shape index (κ1) is 21.6. The van der Waals surface area contributed by atoms with Crippen LogP contribution in [0.4, 0.5) is 24.5 Å². The molecule has 0 spiro atoms. The highest BCUT2D eigenvalue weighted by Crippen LogP contribution is 2.37. The number of alkyl halides is 3. The molecule has 1 N–H and O–H groups in total. The number of carbonyl (C=O) groups excluding carboxylic acids is 2. The van der Waals surface area contributed by atoms with Crippen molar-refractivity contribution in [3.05, 3.63) is 100 Å². The number of rotatable bonds is 4. The van der Waals surface area contributed by atoms with Gasteiger partial charge in [-0.3, -0.25) is 9.59 Å². The molecule has 0 atom stereocenters. The molecule has 1 aliphatic rings. The Kier molecular flexibility index (Phi) is 5.52. The molecular formula is C24H16ClF3N2O2. The molecule has 162 valence electrons. The molecular weight excluding hydrogens is 441 g/mol. The minimum Gasteiger partial charge on any atom is -0.350 e. The maximum atomic E-state index is 13.4. The SMILES string of the molecule is Cc1c(Cl)cccc1N1C(=O)C(Nc2cccc(C(F)(F)F)c2)=C(c2ccccc2)C1=O. The van der Waals surface area contributed by atoms with Crippen LogP contribution >= 0.6 is 11.6 Å². The summed E-state index contributed by atoms with van der Waals surface area (Å²) < 4.78 is 39.4. The van der Waals surface area contributed by atoms with Crippen molar-refractivity contribution in [1.29, 1.82) is 0 Å². The lowest BCUT2D eigenvalue weighted by Gasteiger charge is -2.18. The Labute approximate surface area is 186 Å². The molecule has 0 aliphatic carbocycles. The van der Waals surface area contributed by atoms with Crippen LogP contribution in [0.25, 0.3) is 5.57 Å². The largest absolute Gasteiger partial charge is 0.416 e. The zero-order valence-corrected chi connectivity index (χ0v) is 17.5. The van der Waals surface area contributed by atoms with Crippen LogP contribution in [0, 0.1) is 6.92 Å². The Hall–Kier alpha value is -3.58. The third kappa shape index (κ3) is 3.87. The van der Waals surface area contributed by atoms with Crippen LogP contribution in [-0.2, 0) is 15.8 Å². The summed E-state index contributed by atoms with van der Waals surface area (Å²) in [5.74, 6) is -1.28. The summed E-state index contributed by atoms with van der Waals surface area (Å²) in [4.78, 5) is 27.7. The van der Waals surface area contributed by atoms with Crippen molar-refractivity contribution in [3.8, 4) is 0 Å². The number of hydrogen-bond acceptors (Lipinski definition) is 3. The topological polar surface area (TPSA) is 49.4 Å². The van der Waals surface area contributed by atoms with Crippen molar-refractivity contribution in [2.75, 3.05) is 10.2 Å². The van der Waals surface area contributed by atoms with Crippen molar-refractivity contribution in [2.24, 2.45) is 0 Å². The Balaban J connectivity index is 1.83. The van der Waals surface area contributed by atoms with Gasteiger partial charge in [-0.05, 0) is 48.4 Å². The van der Waals surface area contributed by atoms with Crippen LogP contribution in [0.15, 0.2) is 78.5 Å². The molecule has 0 radical (unpaired) electrons. The van der Waals surface area contributed by atoms with Crippen molar-refractivity contribution < 1.29 is 22.8 Å². The normalized spacial score (nSPS) is 14.3. The first-order valence-electron chi connectivity index (χ1n) is 9.56. The molecule has 0 unspecified atom stereocenters. The van der Waals surface area contributed by atoms with Crippen LogP contribution in [-0.4, -0.2) is 11.8 Å². The fourth-order valence-corrected chi connectivity index (χ4v) is 3.66. The molecule has 1 aliphatic heterocycles. The van der Waals surface area contributed by atoms with Gasteiger partial charge in [0.1, 0.15) is 5.70 Å². The summed E-state index contributed by atoms with van der Waals surface area (Å²) in [6.45, 7) is 1.68. The number of anilines is 2. The Morgan fingerprint density at radius 3 is 2.25 bits per heavy atom. The maximum Gasteiger partial charge on any atom is 0.416 e. The van der Waals surface area contributed by atoms with Crippen LogP contribution in [0.3, 0.4) is 0 Å². The fourth-order valence-electron chi connectivity index (χ4n) is 3.49. The molecule has 0 bridgehead atoms. The molecule has 0 aromatic heterocycles. The van der Waals surface area contributed by atoms with E-state index in [0.29, 0.717) is 21.8 Å². The highest BCUT2D eigenvalue weighted by atomic mass is 35.5. The first-order chi connectivity index (χ1) is 15.2. The molecule has 32 heavy (non-hydrogen) atoms. The average molecular weight is 457 g/mol. The number of amides is 2. The number of benzene rings is 3. The lowest BCUT2D eigenvalue weighted by atomic mass is 10.0. The van der Waals surface area contributed by atoms with E-state index >= 15 is 0 Å². The Morgan fingerprint density at radius 2 is 1.56 bits per heavy atom. The number of nitrogens with one attached hydrogen (secondary N) is 1. The number of halogens is 4. The zero-order chi connectivity index (χ0) is 23.0. The standard InChI is InChI=1S/C24H16ClF3N2O2/c1-14-18(25)11-6-12-19(14)30-22(31)20(15-7-3-2-4-8-15)21(23(30)32)29-17-10-5-9-16(13-17)24(26,27)28/h2-13,29H,1H3. The van der Waals surface area contributed by atoms with Gasteiger partial charge in [-0.1, -0.05) is 54.1 Å². The van der Waals surface area contributed by atoms with Gasteiger partial charge in [0.05, 0.1) is 16.8 Å². The summed E-state index contributed by atoms with van der Waals surface area (Å²) in [7, 11) is 0. The Morgan fingerprint density at radius 1 is 0.875 bits per heavy atom. The molecule has 0 saturated heterocycles. The summed E-state index contributed by atoms with van der Waals surface area (Å²) in [6, 6.07) is 17.8. The smallest absolute Gasteiger partial charge is 0.350 e. The van der Waals surface area contributed by atoms with E-state index in [1.54, 1.807) is 55.5 Å². The number of imide groups is 1. The first-order valence-corrected chi connectivity index (χ1v) is 9.94. The molecule has 8 heteroatoms. The van der Waals surface area contributed by atoms with Gasteiger partial charge in [0.2, 0.25) is 0 Å². The van der Waals surface area contributed by atoms with Gasteiger partial charge in [-0.2, -0.15) is 13.2 Å². The maximum absolute atomic E-state index is 13.4. The summed E-state index contributed by atoms with van der Waals surface area (Å²) in [6.07, 6.45) is -4.55. The van der Waals surface area contributed by atoms with Gasteiger partial charge in [0.25, 0.3) is 11.8 Å². The lowest BCUT2D eigenvalue weighted by Crippen LogP contribution is -2.33. The van der Waals surface area contributed by atoms with Crippen molar-refractivity contribution in [2.45, 2.75) is 13.1 Å². The van der Waals surface area contributed by atoms with E-state index in [9.17, 15) is 22.8 Å². The van der Waals surface area contributed by atoms with E-state index in [2.05, 4.69) is 5.32 Å². The molecule has 2 amide bonds. The monoisotopic (exact) mass is 456 g/mol. The minimum absolute atomic E-state index is 0.0362. The minimum atomic E-state index is -4.55. The molecule has 4 nitrogen and oxygen atoms in total. The van der Waals surface area contributed by atoms with E-state index in [1.807, 2.05) is 0 Å². The molecule has 3 aromatic rings. The molecule has 0 saturated carbocycles. The molecule has 0 fully saturated rings. The van der Waals surface area contributed by atoms with Crippen molar-refractivity contribution in [3.63, 3.8) is 0 Å². The van der Waals surface area contributed by atoms with Gasteiger partial charge in [-0.25, -0.2) is 4.90 Å². The highest BCUT2D eigenvalue weighted by Gasteiger charge is 2.41. The number of hydrogen-bond donors (Lipinski definition) is 1. The quantitative estimate of drug-likeness (QED) is 0.485. The third-order valence-electron chi connectivity index (χ3n) is 5.09. The van der Waals surface area contributed by atoms with E-state index in [0.717, 1.165) is 17.0 Å². The van der Waals surface area contributed by atoms with E-state index in [1.165, 1.54) is 12.1 Å². The Bertz CT molecular complexity index is 1250. The second-order valence-electron chi connectivity index (χ2n) is 7.15. The molecule has 4 rings (SSSR count). The van der Waals surface area contributed by atoms with Gasteiger partial charge in [0.15, 0.2) is 0 Å². The van der Waals surface area contributed by atoms with Crippen LogP contribution in [0.5, 0.6) is 0 Å². The van der Waals surface area contributed by atoms with Gasteiger partial charge < -0.3 is 5.32 Å². The number of carbonyl (C=O) groups is 2. The zero-order valence-electron chi connectivity index (χ0n) is 16.7. The summed E-state index contributed by atoms with van der Waals surface area (Å²) >= 11 is 6.18. The lowest BCUT2D eigenvalue weighted by molar-refractivity contribution is -0.137. The summed E-state index contributed by atoms with van der Waals surface area (Å²) in [5, 5.41) is 3.13. The highest BCUT2D eigenvalue weighted by molar-refractivity contribution is 6.46. The van der Waals surface area contributed by atoms with Gasteiger partial charge in [-0.15, -0.1) is 0 Å². The fraction of sp³-hybridized carbons (Fsp3) is 0.0833. The second kappa shape index (κ2) is 8.16. The predicted molar refractivity (Wildman–Crippen MR) is 117 cm³/mol. The summed E-state index contributed by atoms with van der Waals surface area (Å²) in [5.41, 5.74) is 0.415. The van der Waals surface area contributed by atoms with Crippen LogP contribution in [0.1, 0.15) is 16.7 Å². The van der Waals surface area contributed by atoms with Gasteiger partial charge >= 0.3 is 6.18 Å². The molecule has 3 aromatic carbocycles. The van der Waals surface area contributed by atoms with Crippen LogP contribution < -0.4 is 10.2 Å². The van der Waals surface area contributed by atoms with E-state index < -0.39 is 23.6 Å². The van der Waals surface area contributed by atoms with Crippen LogP contribution in [0.2, 0.25) is 5.02 Å². The average Bonchev–Trinajstić information content (AvgIpc) is 3.00. The molecule has 1 heterocycles. The third-order valence-corrected chi connectivity index (χ3v) is 5.50. The predicted octanol–water partition coefficient (Wildman–Crippen LogP) is 6.06. The van der Waals surface area contributed by atoms with E-state index in [-0.39, 0.29) is 17.0 Å². The second-order valence-corrected chi connectivity index (χ2v) is 7.56. The van der Waals surface area contributed by atoms with E-state index in [4.69, 9.17) is 11.6 Å². The van der Waals surface area contributed by atoms with Crippen molar-refractivity contribution >= 4 is 40.4 Å².